The van der Waals surface area contributed by atoms with Gasteiger partial charge in [0, 0.05) is 50.4 Å². The van der Waals surface area contributed by atoms with Crippen LogP contribution in [0.25, 0.3) is 20.8 Å². The number of ether oxygens (including phenoxy) is 2. The molecule has 0 aliphatic rings. The Kier molecular flexibility index (Phi) is 9.12. The number of nitrogen functional groups attached to an aromatic ring is 1. The molecule has 8 heteroatoms. The highest BCUT2D eigenvalue weighted by Gasteiger charge is 2.13. The van der Waals surface area contributed by atoms with E-state index in [1.165, 1.54) is 29.9 Å². The third kappa shape index (κ3) is 6.71. The summed E-state index contributed by atoms with van der Waals surface area (Å²) in [5, 5.41) is 3.29. The van der Waals surface area contributed by atoms with Crippen molar-refractivity contribution >= 4 is 27.2 Å². The van der Waals surface area contributed by atoms with Crippen LogP contribution in [-0.4, -0.2) is 30.2 Å². The molecule has 0 radical (unpaired) electrons. The second-order valence-corrected chi connectivity index (χ2v) is 8.41. The zero-order valence-electron chi connectivity index (χ0n) is 19.1. The highest BCUT2D eigenvalue weighted by Crippen LogP contribution is 2.39. The van der Waals surface area contributed by atoms with Crippen LogP contribution in [0.3, 0.4) is 0 Å². The van der Waals surface area contributed by atoms with E-state index >= 15 is 0 Å². The first kappa shape index (κ1) is 24.6. The Hall–Kier alpha value is -3.07. The molecule has 0 aliphatic heterocycles. The van der Waals surface area contributed by atoms with Gasteiger partial charge in [-0.05, 0) is 29.8 Å². The van der Waals surface area contributed by atoms with Crippen molar-refractivity contribution in [3.63, 3.8) is 0 Å². The molecule has 0 amide bonds. The molecule has 0 fully saturated rings. The SMILES string of the molecule is CCC.COCCNCc1ccc(-c2cc3nccc(Oc4ccc(N)cc4F)c3s2)nc1. The molecular formula is C25H29FN4O2S. The molecule has 0 unspecified atom stereocenters. The molecule has 6 nitrogen and oxygen atoms in total. The van der Waals surface area contributed by atoms with Crippen molar-refractivity contribution in [1.29, 1.82) is 0 Å². The molecule has 33 heavy (non-hydrogen) atoms. The molecule has 3 heterocycles. The highest BCUT2D eigenvalue weighted by molar-refractivity contribution is 7.22. The van der Waals surface area contributed by atoms with E-state index in [2.05, 4.69) is 29.1 Å². The predicted octanol–water partition coefficient (Wildman–Crippen LogP) is 6.02. The Morgan fingerprint density at radius 2 is 1.88 bits per heavy atom. The largest absolute Gasteiger partial charge is 0.453 e. The maximum atomic E-state index is 14.1. The fourth-order valence-corrected chi connectivity index (χ4v) is 3.96. The van der Waals surface area contributed by atoms with Crippen molar-refractivity contribution in [2.75, 3.05) is 26.0 Å². The number of hydrogen-bond donors (Lipinski definition) is 2. The number of rotatable bonds is 8. The van der Waals surface area contributed by atoms with Gasteiger partial charge in [-0.1, -0.05) is 26.3 Å². The fourth-order valence-electron chi connectivity index (χ4n) is 2.92. The normalized spacial score (nSPS) is 10.7. The zero-order valence-corrected chi connectivity index (χ0v) is 19.9. The maximum Gasteiger partial charge on any atom is 0.167 e. The highest BCUT2D eigenvalue weighted by atomic mass is 32.1. The summed E-state index contributed by atoms with van der Waals surface area (Å²) in [5.41, 5.74) is 8.68. The van der Waals surface area contributed by atoms with E-state index in [0.29, 0.717) is 18.0 Å². The van der Waals surface area contributed by atoms with E-state index < -0.39 is 5.82 Å². The molecule has 0 bridgehead atoms. The summed E-state index contributed by atoms with van der Waals surface area (Å²) < 4.78 is 25.8. The van der Waals surface area contributed by atoms with E-state index in [0.717, 1.165) is 39.4 Å². The molecule has 0 aliphatic carbocycles. The Labute approximate surface area is 197 Å². The third-order valence-electron chi connectivity index (χ3n) is 4.44. The summed E-state index contributed by atoms with van der Waals surface area (Å²) in [6.45, 7) is 6.44. The summed E-state index contributed by atoms with van der Waals surface area (Å²) in [5.74, 6) is 0.155. The van der Waals surface area contributed by atoms with Crippen molar-refractivity contribution in [1.82, 2.24) is 15.3 Å². The quantitative estimate of drug-likeness (QED) is 0.243. The second kappa shape index (κ2) is 12.2. The van der Waals surface area contributed by atoms with Crippen LogP contribution in [0.15, 0.2) is 54.9 Å². The minimum Gasteiger partial charge on any atom is -0.453 e. The van der Waals surface area contributed by atoms with Gasteiger partial charge in [-0.2, -0.15) is 0 Å². The lowest BCUT2D eigenvalue weighted by molar-refractivity contribution is 0.199. The zero-order chi connectivity index (χ0) is 23.6. The molecule has 4 aromatic rings. The maximum absolute atomic E-state index is 14.1. The number of nitrogens with zero attached hydrogens (tertiary/aromatic N) is 2. The lowest BCUT2D eigenvalue weighted by Gasteiger charge is -2.07. The number of nitrogens with one attached hydrogen (secondary N) is 1. The number of aromatic nitrogens is 2. The van der Waals surface area contributed by atoms with Crippen LogP contribution in [0.5, 0.6) is 11.5 Å². The lowest BCUT2D eigenvalue weighted by atomic mass is 10.2. The minimum atomic E-state index is -0.506. The van der Waals surface area contributed by atoms with Gasteiger partial charge < -0.3 is 20.5 Å². The third-order valence-corrected chi connectivity index (χ3v) is 5.60. The van der Waals surface area contributed by atoms with Gasteiger partial charge >= 0.3 is 0 Å². The first-order valence-electron chi connectivity index (χ1n) is 10.8. The number of methoxy groups -OCH3 is 1. The Bertz CT molecular complexity index is 1170. The summed E-state index contributed by atoms with van der Waals surface area (Å²) in [7, 11) is 1.68. The topological polar surface area (TPSA) is 82.3 Å². The van der Waals surface area contributed by atoms with Gasteiger partial charge in [0.25, 0.3) is 0 Å². The number of benzene rings is 1. The van der Waals surface area contributed by atoms with Gasteiger partial charge in [-0.25, -0.2) is 4.39 Å². The van der Waals surface area contributed by atoms with E-state index in [9.17, 15) is 4.39 Å². The number of anilines is 1. The molecule has 3 aromatic heterocycles. The number of nitrogens with two attached hydrogens (primary N) is 1. The van der Waals surface area contributed by atoms with Crippen LogP contribution in [0.4, 0.5) is 10.1 Å². The van der Waals surface area contributed by atoms with Crippen molar-refractivity contribution in [2.24, 2.45) is 0 Å². The number of pyridine rings is 2. The molecular weight excluding hydrogens is 439 g/mol. The van der Waals surface area contributed by atoms with Gasteiger partial charge in [0.1, 0.15) is 5.75 Å². The van der Waals surface area contributed by atoms with Crippen LogP contribution >= 0.6 is 11.3 Å². The Morgan fingerprint density at radius 1 is 1.06 bits per heavy atom. The van der Waals surface area contributed by atoms with E-state index in [1.807, 2.05) is 24.4 Å². The number of hydrogen-bond acceptors (Lipinski definition) is 7. The first-order valence-corrected chi connectivity index (χ1v) is 11.6. The van der Waals surface area contributed by atoms with Gasteiger partial charge in [0.2, 0.25) is 0 Å². The van der Waals surface area contributed by atoms with Gasteiger partial charge in [-0.3, -0.25) is 9.97 Å². The average Bonchev–Trinajstić information content (AvgIpc) is 3.25. The second-order valence-electron chi connectivity index (χ2n) is 7.35. The van der Waals surface area contributed by atoms with Crippen molar-refractivity contribution in [3.05, 3.63) is 66.2 Å². The van der Waals surface area contributed by atoms with E-state index in [-0.39, 0.29) is 5.75 Å². The molecule has 1 aromatic carbocycles. The minimum absolute atomic E-state index is 0.120. The molecule has 4 rings (SSSR count). The van der Waals surface area contributed by atoms with Crippen LogP contribution in [0.2, 0.25) is 0 Å². The predicted molar refractivity (Wildman–Crippen MR) is 133 cm³/mol. The molecule has 174 valence electrons. The van der Waals surface area contributed by atoms with Gasteiger partial charge in [0.15, 0.2) is 11.6 Å². The average molecular weight is 469 g/mol. The van der Waals surface area contributed by atoms with E-state index in [1.54, 1.807) is 25.4 Å². The smallest absolute Gasteiger partial charge is 0.167 e. The number of thiophene rings is 1. The molecule has 3 N–H and O–H groups in total. The molecule has 0 spiro atoms. The monoisotopic (exact) mass is 468 g/mol. The van der Waals surface area contributed by atoms with Crippen LogP contribution in [0.1, 0.15) is 25.8 Å². The molecule has 0 atom stereocenters. The Balaban J connectivity index is 0.000000968. The van der Waals surface area contributed by atoms with Crippen LogP contribution in [-0.2, 0) is 11.3 Å². The summed E-state index contributed by atoms with van der Waals surface area (Å²) in [4.78, 5) is 9.95. The first-order chi connectivity index (χ1) is 16.0. The van der Waals surface area contributed by atoms with Gasteiger partial charge in [0.05, 0.1) is 27.4 Å². The summed E-state index contributed by atoms with van der Waals surface area (Å²) >= 11 is 1.51. The van der Waals surface area contributed by atoms with E-state index in [4.69, 9.17) is 15.2 Å². The van der Waals surface area contributed by atoms with Crippen molar-refractivity contribution in [2.45, 2.75) is 26.8 Å². The van der Waals surface area contributed by atoms with Crippen LogP contribution < -0.4 is 15.8 Å². The van der Waals surface area contributed by atoms with Gasteiger partial charge in [-0.15, -0.1) is 11.3 Å². The number of fused-ring (bicyclic) bond motifs is 1. The van der Waals surface area contributed by atoms with Crippen molar-refractivity contribution in [3.8, 4) is 22.1 Å². The summed E-state index contributed by atoms with van der Waals surface area (Å²) in [6.07, 6.45) is 4.75. The Morgan fingerprint density at radius 3 is 2.58 bits per heavy atom. The molecule has 0 saturated heterocycles. The summed E-state index contributed by atoms with van der Waals surface area (Å²) in [6, 6.07) is 12.1. The molecule has 0 saturated carbocycles. The fraction of sp³-hybridized carbons (Fsp3) is 0.280. The standard InChI is InChI=1S/C22H21FN4O2S.C3H8/c1-28-9-8-25-12-14-2-4-17(27-13-14)21-11-18-22(30-21)20(6-7-26-18)29-19-5-3-15(24)10-16(19)23;1-3-2/h2-7,10-11,13,25H,8-9,12,24H2,1H3;3H2,1-2H3. The lowest BCUT2D eigenvalue weighted by Crippen LogP contribution is -2.18. The van der Waals surface area contributed by atoms with Crippen LogP contribution in [0, 0.1) is 5.82 Å². The number of halogens is 1. The van der Waals surface area contributed by atoms with Crippen molar-refractivity contribution < 1.29 is 13.9 Å².